The van der Waals surface area contributed by atoms with E-state index in [1.165, 1.54) is 11.1 Å². The minimum Gasteiger partial charge on any atom is -0.477 e. The Kier molecular flexibility index (Phi) is 5.68. The van der Waals surface area contributed by atoms with Gasteiger partial charge in [0.15, 0.2) is 0 Å². The van der Waals surface area contributed by atoms with Crippen molar-refractivity contribution in [2.75, 3.05) is 49.6 Å². The molecule has 0 bridgehead atoms. The zero-order valence-electron chi connectivity index (χ0n) is 19.0. The van der Waals surface area contributed by atoms with Gasteiger partial charge in [0.1, 0.15) is 23.2 Å². The van der Waals surface area contributed by atoms with Crippen LogP contribution < -0.4 is 9.80 Å². The average molecular weight is 445 g/mol. The second kappa shape index (κ2) is 8.78. The van der Waals surface area contributed by atoms with Crippen LogP contribution in [0.1, 0.15) is 27.4 Å². The van der Waals surface area contributed by atoms with Crippen LogP contribution in [0, 0.1) is 6.92 Å². The van der Waals surface area contributed by atoms with Crippen molar-refractivity contribution >= 4 is 17.6 Å². The third-order valence-electron chi connectivity index (χ3n) is 6.50. The predicted octanol–water partition coefficient (Wildman–Crippen LogP) is 2.86. The van der Waals surface area contributed by atoms with Crippen molar-refractivity contribution in [1.29, 1.82) is 0 Å². The van der Waals surface area contributed by atoms with Crippen molar-refractivity contribution in [2.24, 2.45) is 0 Å². The number of aromatic nitrogens is 3. The largest absolute Gasteiger partial charge is 0.477 e. The summed E-state index contributed by atoms with van der Waals surface area (Å²) in [4.78, 5) is 31.6. The summed E-state index contributed by atoms with van der Waals surface area (Å²) in [6, 6.07) is 11.9. The van der Waals surface area contributed by atoms with E-state index in [2.05, 4.69) is 51.0 Å². The first-order valence-electron chi connectivity index (χ1n) is 11.3. The Labute approximate surface area is 193 Å². The van der Waals surface area contributed by atoms with E-state index in [9.17, 15) is 4.79 Å². The van der Waals surface area contributed by atoms with E-state index < -0.39 is 5.97 Å². The monoisotopic (exact) mass is 444 g/mol. The molecule has 8 heteroatoms. The fraction of sp³-hybridized carbons (Fsp3) is 0.360. The maximum atomic E-state index is 11.1. The van der Waals surface area contributed by atoms with Crippen LogP contribution in [0.2, 0.25) is 0 Å². The molecule has 8 nitrogen and oxygen atoms in total. The van der Waals surface area contributed by atoms with Crippen LogP contribution in [-0.4, -0.2) is 70.7 Å². The number of carbonyl (C=O) groups is 1. The van der Waals surface area contributed by atoms with Crippen LogP contribution in [0.4, 0.5) is 11.6 Å². The summed E-state index contributed by atoms with van der Waals surface area (Å²) in [7, 11) is 2.16. The van der Waals surface area contributed by atoms with E-state index in [4.69, 9.17) is 15.1 Å². The van der Waals surface area contributed by atoms with Gasteiger partial charge in [0, 0.05) is 57.1 Å². The van der Waals surface area contributed by atoms with E-state index in [0.717, 1.165) is 74.3 Å². The van der Waals surface area contributed by atoms with Crippen LogP contribution in [0.15, 0.2) is 42.6 Å². The summed E-state index contributed by atoms with van der Waals surface area (Å²) < 4.78 is 0. The van der Waals surface area contributed by atoms with Gasteiger partial charge in [-0.3, -0.25) is 0 Å². The standard InChI is InChI=1S/C25H28N6O2/c1-17-27-23(30-11-9-29(2)10-12-30)14-24(28-17)31-8-7-18-3-4-19(13-21(18)16-31)20-5-6-22(25(32)33)26-15-20/h3-6,13-15H,7-12,16H2,1-2H3,(H,32,33). The zero-order chi connectivity index (χ0) is 22.9. The van der Waals surface area contributed by atoms with Crippen molar-refractivity contribution in [1.82, 2.24) is 19.9 Å². The number of nitrogens with zero attached hydrogens (tertiary/aromatic N) is 6. The Morgan fingerprint density at radius 3 is 2.30 bits per heavy atom. The van der Waals surface area contributed by atoms with Crippen LogP contribution in [0.3, 0.4) is 0 Å². The SMILES string of the molecule is Cc1nc(N2CCN(C)CC2)cc(N2CCc3ccc(-c4ccc(C(=O)O)nc4)cc3C2)n1. The van der Waals surface area contributed by atoms with Gasteiger partial charge in [-0.25, -0.2) is 19.7 Å². The van der Waals surface area contributed by atoms with Gasteiger partial charge in [-0.15, -0.1) is 0 Å². The number of anilines is 2. The minimum absolute atomic E-state index is 0.0539. The van der Waals surface area contributed by atoms with Crippen LogP contribution in [-0.2, 0) is 13.0 Å². The fourth-order valence-electron chi connectivity index (χ4n) is 4.52. The number of carboxylic acids is 1. The lowest BCUT2D eigenvalue weighted by Crippen LogP contribution is -2.45. The van der Waals surface area contributed by atoms with E-state index >= 15 is 0 Å². The van der Waals surface area contributed by atoms with Crippen molar-refractivity contribution in [2.45, 2.75) is 19.9 Å². The quantitative estimate of drug-likeness (QED) is 0.658. The Morgan fingerprint density at radius 2 is 1.61 bits per heavy atom. The van der Waals surface area contributed by atoms with Gasteiger partial charge in [0.25, 0.3) is 0 Å². The van der Waals surface area contributed by atoms with Gasteiger partial charge in [-0.05, 0) is 49.2 Å². The Balaban J connectivity index is 1.38. The number of aryl methyl sites for hydroxylation is 1. The first kappa shape index (κ1) is 21.3. The topological polar surface area (TPSA) is 85.7 Å². The predicted molar refractivity (Wildman–Crippen MR) is 128 cm³/mol. The molecule has 1 N–H and O–H groups in total. The van der Waals surface area contributed by atoms with Gasteiger partial charge in [0.2, 0.25) is 0 Å². The van der Waals surface area contributed by atoms with Gasteiger partial charge in [0.05, 0.1) is 0 Å². The normalized spacial score (nSPS) is 16.5. The molecule has 3 aromatic rings. The summed E-state index contributed by atoms with van der Waals surface area (Å²) in [5, 5.41) is 9.09. The Morgan fingerprint density at radius 1 is 0.879 bits per heavy atom. The van der Waals surface area contributed by atoms with E-state index in [1.807, 2.05) is 13.0 Å². The highest BCUT2D eigenvalue weighted by atomic mass is 16.4. The zero-order valence-corrected chi connectivity index (χ0v) is 19.0. The van der Waals surface area contributed by atoms with E-state index in [-0.39, 0.29) is 5.69 Å². The number of likely N-dealkylation sites (N-methyl/N-ethyl adjacent to an activating group) is 1. The molecular formula is C25H28N6O2. The van der Waals surface area contributed by atoms with Gasteiger partial charge in [-0.1, -0.05) is 18.2 Å². The molecule has 1 saturated heterocycles. The van der Waals surface area contributed by atoms with Crippen molar-refractivity contribution in [3.63, 3.8) is 0 Å². The second-order valence-electron chi connectivity index (χ2n) is 8.81. The smallest absolute Gasteiger partial charge is 0.354 e. The third kappa shape index (κ3) is 4.52. The molecule has 2 aliphatic rings. The number of rotatable bonds is 4. The highest BCUT2D eigenvalue weighted by molar-refractivity contribution is 5.85. The number of hydrogen-bond acceptors (Lipinski definition) is 7. The molecule has 0 atom stereocenters. The number of benzene rings is 1. The fourth-order valence-corrected chi connectivity index (χ4v) is 4.52. The first-order chi connectivity index (χ1) is 16.0. The van der Waals surface area contributed by atoms with Crippen LogP contribution in [0.5, 0.6) is 0 Å². The summed E-state index contributed by atoms with van der Waals surface area (Å²) >= 11 is 0. The van der Waals surface area contributed by atoms with Crippen LogP contribution in [0.25, 0.3) is 11.1 Å². The lowest BCUT2D eigenvalue weighted by atomic mass is 9.95. The van der Waals surface area contributed by atoms with Gasteiger partial charge in [-0.2, -0.15) is 0 Å². The lowest BCUT2D eigenvalue weighted by molar-refractivity contribution is 0.0690. The second-order valence-corrected chi connectivity index (χ2v) is 8.81. The molecule has 0 saturated carbocycles. The molecule has 0 spiro atoms. The highest BCUT2D eigenvalue weighted by Gasteiger charge is 2.22. The molecule has 2 aromatic heterocycles. The van der Waals surface area contributed by atoms with Crippen molar-refractivity contribution < 1.29 is 9.90 Å². The van der Waals surface area contributed by atoms with E-state index in [0.29, 0.717) is 0 Å². The molecule has 0 amide bonds. The van der Waals surface area contributed by atoms with Crippen molar-refractivity contribution in [3.8, 4) is 11.1 Å². The van der Waals surface area contributed by atoms with Crippen molar-refractivity contribution in [3.05, 3.63) is 65.2 Å². The maximum absolute atomic E-state index is 11.1. The Bertz CT molecular complexity index is 1170. The molecule has 170 valence electrons. The highest BCUT2D eigenvalue weighted by Crippen LogP contribution is 2.29. The van der Waals surface area contributed by atoms with Gasteiger partial charge >= 0.3 is 5.97 Å². The number of fused-ring (bicyclic) bond motifs is 1. The number of hydrogen-bond donors (Lipinski definition) is 1. The molecule has 0 radical (unpaired) electrons. The lowest BCUT2D eigenvalue weighted by Gasteiger charge is -2.34. The third-order valence-corrected chi connectivity index (χ3v) is 6.50. The molecule has 5 rings (SSSR count). The number of pyridine rings is 1. The molecule has 0 aliphatic carbocycles. The minimum atomic E-state index is -1.02. The molecule has 2 aliphatic heterocycles. The van der Waals surface area contributed by atoms with E-state index in [1.54, 1.807) is 12.3 Å². The first-order valence-corrected chi connectivity index (χ1v) is 11.3. The molecule has 33 heavy (non-hydrogen) atoms. The molecule has 1 aromatic carbocycles. The summed E-state index contributed by atoms with van der Waals surface area (Å²) in [5.74, 6) is 1.76. The molecular weight excluding hydrogens is 416 g/mol. The number of carboxylic acid groups (broad SMARTS) is 1. The average Bonchev–Trinajstić information content (AvgIpc) is 2.83. The maximum Gasteiger partial charge on any atom is 0.354 e. The van der Waals surface area contributed by atoms with Gasteiger partial charge < -0.3 is 19.8 Å². The molecule has 1 fully saturated rings. The molecule has 4 heterocycles. The summed E-state index contributed by atoms with van der Waals surface area (Å²) in [6.07, 6.45) is 2.58. The molecule has 0 unspecified atom stereocenters. The summed E-state index contributed by atoms with van der Waals surface area (Å²) in [6.45, 7) is 7.71. The summed E-state index contributed by atoms with van der Waals surface area (Å²) in [5.41, 5.74) is 4.61. The Hall–Kier alpha value is -3.52. The number of piperazine rings is 1. The van der Waals surface area contributed by atoms with Crippen LogP contribution >= 0.6 is 0 Å². The number of aromatic carboxylic acids is 1.